The summed E-state index contributed by atoms with van der Waals surface area (Å²) in [5, 5.41) is 3.37. The molecule has 0 spiro atoms. The van der Waals surface area contributed by atoms with Crippen molar-refractivity contribution in [1.82, 2.24) is 25.1 Å². The van der Waals surface area contributed by atoms with Gasteiger partial charge < -0.3 is 15.0 Å². The minimum atomic E-state index is -0.391. The highest BCUT2D eigenvalue weighted by atomic mass is 32.1. The third-order valence-corrected chi connectivity index (χ3v) is 6.57. The van der Waals surface area contributed by atoms with Crippen LogP contribution in [0.4, 0.5) is 10.6 Å². The number of amides is 2. The summed E-state index contributed by atoms with van der Waals surface area (Å²) in [6.07, 6.45) is 3.04. The molecular formula is C25H32N6O3S. The van der Waals surface area contributed by atoms with E-state index in [0.29, 0.717) is 29.8 Å². The van der Waals surface area contributed by atoms with Crippen molar-refractivity contribution in [3.63, 3.8) is 0 Å². The summed E-state index contributed by atoms with van der Waals surface area (Å²) < 4.78 is 5.52. The summed E-state index contributed by atoms with van der Waals surface area (Å²) in [6, 6.07) is 9.03. The SMILES string of the molecule is Cc1cccc(CCCN2CCN(C(=O)Oc3ccc(N4C(=O)C(C(C)C)NC4=S)nc3)CC2)n1. The van der Waals surface area contributed by atoms with Crippen molar-refractivity contribution in [2.45, 2.75) is 39.7 Å². The molecule has 2 aromatic rings. The second-order valence-electron chi connectivity index (χ2n) is 9.27. The number of ether oxygens (including phenoxy) is 1. The number of thiocarbonyl (C=S) groups is 1. The minimum Gasteiger partial charge on any atom is -0.409 e. The summed E-state index contributed by atoms with van der Waals surface area (Å²) in [5.41, 5.74) is 2.17. The molecule has 2 aromatic heterocycles. The van der Waals surface area contributed by atoms with Gasteiger partial charge in [-0.3, -0.25) is 14.7 Å². The number of aromatic nitrogens is 2. The Labute approximate surface area is 211 Å². The van der Waals surface area contributed by atoms with Gasteiger partial charge in [0.1, 0.15) is 11.9 Å². The topological polar surface area (TPSA) is 90.9 Å². The molecule has 0 aromatic carbocycles. The zero-order valence-electron chi connectivity index (χ0n) is 20.4. The lowest BCUT2D eigenvalue weighted by Gasteiger charge is -2.34. The second kappa shape index (κ2) is 11.1. The third-order valence-electron chi connectivity index (χ3n) is 6.27. The van der Waals surface area contributed by atoms with Crippen molar-refractivity contribution in [2.24, 2.45) is 5.92 Å². The number of aryl methyl sites for hydroxylation is 2. The Bertz CT molecular complexity index is 1070. The van der Waals surface area contributed by atoms with Crippen molar-refractivity contribution in [2.75, 3.05) is 37.6 Å². The zero-order chi connectivity index (χ0) is 24.9. The Kier molecular flexibility index (Phi) is 7.92. The first kappa shape index (κ1) is 25.0. The van der Waals surface area contributed by atoms with E-state index >= 15 is 0 Å². The van der Waals surface area contributed by atoms with E-state index in [0.717, 1.165) is 43.9 Å². The van der Waals surface area contributed by atoms with Crippen LogP contribution in [0.2, 0.25) is 0 Å². The van der Waals surface area contributed by atoms with Gasteiger partial charge in [-0.15, -0.1) is 0 Å². The first-order chi connectivity index (χ1) is 16.8. The molecule has 35 heavy (non-hydrogen) atoms. The average Bonchev–Trinajstić information content (AvgIpc) is 3.14. The van der Waals surface area contributed by atoms with Gasteiger partial charge in [-0.25, -0.2) is 14.7 Å². The fourth-order valence-electron chi connectivity index (χ4n) is 4.27. The van der Waals surface area contributed by atoms with Gasteiger partial charge in [0, 0.05) is 37.6 Å². The van der Waals surface area contributed by atoms with E-state index in [1.54, 1.807) is 17.0 Å². The zero-order valence-corrected chi connectivity index (χ0v) is 21.3. The lowest BCUT2D eigenvalue weighted by molar-refractivity contribution is -0.119. The predicted octanol–water partition coefficient (Wildman–Crippen LogP) is 2.78. The van der Waals surface area contributed by atoms with Gasteiger partial charge >= 0.3 is 6.09 Å². The van der Waals surface area contributed by atoms with Crippen molar-refractivity contribution in [3.05, 3.63) is 47.9 Å². The van der Waals surface area contributed by atoms with Gasteiger partial charge in [-0.05, 0) is 68.7 Å². The van der Waals surface area contributed by atoms with Gasteiger partial charge in [0.25, 0.3) is 5.91 Å². The maximum Gasteiger partial charge on any atom is 0.415 e. The summed E-state index contributed by atoms with van der Waals surface area (Å²) >= 11 is 5.30. The van der Waals surface area contributed by atoms with Crippen LogP contribution in [0.5, 0.6) is 5.75 Å². The fourth-order valence-corrected chi connectivity index (χ4v) is 4.58. The van der Waals surface area contributed by atoms with Crippen LogP contribution in [-0.2, 0) is 11.2 Å². The number of rotatable bonds is 7. The average molecular weight is 497 g/mol. The second-order valence-corrected chi connectivity index (χ2v) is 9.65. The Morgan fingerprint density at radius 2 is 1.97 bits per heavy atom. The van der Waals surface area contributed by atoms with Gasteiger partial charge in [0.05, 0.1) is 6.20 Å². The van der Waals surface area contributed by atoms with Crippen LogP contribution in [0, 0.1) is 12.8 Å². The Hall–Kier alpha value is -3.11. The molecule has 2 saturated heterocycles. The van der Waals surface area contributed by atoms with Crippen molar-refractivity contribution in [3.8, 4) is 5.75 Å². The van der Waals surface area contributed by atoms with Gasteiger partial charge in [0.15, 0.2) is 10.9 Å². The molecule has 2 aliphatic rings. The molecule has 0 radical (unpaired) electrons. The molecular weight excluding hydrogens is 464 g/mol. The van der Waals surface area contributed by atoms with Crippen LogP contribution in [0.25, 0.3) is 0 Å². The standard InChI is InChI=1S/C25H32N6O3S/c1-17(2)22-23(32)31(24(35)28-22)21-10-9-20(16-26-21)34-25(33)30-14-12-29(13-15-30)11-5-8-19-7-4-6-18(3)27-19/h4,6-7,9-10,16-17,22H,5,8,11-15H2,1-3H3,(H,28,35). The summed E-state index contributed by atoms with van der Waals surface area (Å²) in [5.74, 6) is 0.717. The van der Waals surface area contributed by atoms with E-state index in [9.17, 15) is 9.59 Å². The van der Waals surface area contributed by atoms with E-state index in [4.69, 9.17) is 17.0 Å². The highest BCUT2D eigenvalue weighted by Gasteiger charge is 2.38. The quantitative estimate of drug-likeness (QED) is 0.586. The molecule has 2 fully saturated rings. The van der Waals surface area contributed by atoms with E-state index in [1.165, 1.54) is 11.1 Å². The lowest BCUT2D eigenvalue weighted by Crippen LogP contribution is -2.49. The van der Waals surface area contributed by atoms with Gasteiger partial charge in [0.2, 0.25) is 0 Å². The molecule has 4 rings (SSSR count). The molecule has 2 aliphatic heterocycles. The molecule has 0 aliphatic carbocycles. The largest absolute Gasteiger partial charge is 0.415 e. The monoisotopic (exact) mass is 496 g/mol. The van der Waals surface area contributed by atoms with Crippen LogP contribution in [0.3, 0.4) is 0 Å². The van der Waals surface area contributed by atoms with E-state index < -0.39 is 6.09 Å². The molecule has 1 atom stereocenters. The van der Waals surface area contributed by atoms with Crippen LogP contribution < -0.4 is 15.0 Å². The lowest BCUT2D eigenvalue weighted by atomic mass is 10.1. The Morgan fingerprint density at radius 3 is 2.60 bits per heavy atom. The van der Waals surface area contributed by atoms with Crippen LogP contribution in [-0.4, -0.2) is 75.6 Å². The maximum absolute atomic E-state index is 12.6. The smallest absolute Gasteiger partial charge is 0.409 e. The van der Waals surface area contributed by atoms with Crippen LogP contribution >= 0.6 is 12.2 Å². The highest BCUT2D eigenvalue weighted by molar-refractivity contribution is 7.80. The number of nitrogens with zero attached hydrogens (tertiary/aromatic N) is 5. The number of anilines is 1. The van der Waals surface area contributed by atoms with Crippen LogP contribution in [0.15, 0.2) is 36.5 Å². The third kappa shape index (κ3) is 6.12. The Morgan fingerprint density at radius 1 is 1.20 bits per heavy atom. The number of carbonyl (C=O) groups excluding carboxylic acids is 2. The number of nitrogens with one attached hydrogen (secondary N) is 1. The van der Waals surface area contributed by atoms with Crippen molar-refractivity contribution >= 4 is 35.1 Å². The van der Waals surface area contributed by atoms with Gasteiger partial charge in [-0.1, -0.05) is 19.9 Å². The summed E-state index contributed by atoms with van der Waals surface area (Å²) in [4.78, 5) is 39.6. The molecule has 10 heteroatoms. The van der Waals surface area contributed by atoms with E-state index in [-0.39, 0.29) is 17.9 Å². The number of carbonyl (C=O) groups is 2. The molecule has 2 amide bonds. The number of hydrogen-bond acceptors (Lipinski definition) is 7. The molecule has 1 N–H and O–H groups in total. The molecule has 186 valence electrons. The van der Waals surface area contributed by atoms with E-state index in [1.807, 2.05) is 32.9 Å². The fraction of sp³-hybridized carbons (Fsp3) is 0.480. The summed E-state index contributed by atoms with van der Waals surface area (Å²) in [6.45, 7) is 9.76. The van der Waals surface area contributed by atoms with Crippen LogP contribution in [0.1, 0.15) is 31.7 Å². The predicted molar refractivity (Wildman–Crippen MR) is 137 cm³/mol. The maximum atomic E-state index is 12.6. The normalized spacial score (nSPS) is 18.8. The van der Waals surface area contributed by atoms with Crippen molar-refractivity contribution < 1.29 is 14.3 Å². The first-order valence-electron chi connectivity index (χ1n) is 12.0. The molecule has 0 bridgehead atoms. The van der Waals surface area contributed by atoms with Gasteiger partial charge in [-0.2, -0.15) is 0 Å². The molecule has 9 nitrogen and oxygen atoms in total. The number of pyridine rings is 2. The molecule has 1 unspecified atom stereocenters. The molecule has 0 saturated carbocycles. The number of hydrogen-bond donors (Lipinski definition) is 1. The van der Waals surface area contributed by atoms with E-state index in [2.05, 4.69) is 26.3 Å². The molecule has 4 heterocycles. The number of piperazine rings is 1. The van der Waals surface area contributed by atoms with Crippen molar-refractivity contribution in [1.29, 1.82) is 0 Å². The Balaban J connectivity index is 1.22. The summed E-state index contributed by atoms with van der Waals surface area (Å²) in [7, 11) is 0. The first-order valence-corrected chi connectivity index (χ1v) is 12.4. The highest BCUT2D eigenvalue weighted by Crippen LogP contribution is 2.23. The minimum absolute atomic E-state index is 0.108.